The molecule has 0 aliphatic carbocycles. The lowest BCUT2D eigenvalue weighted by Gasteiger charge is -2.28. The predicted molar refractivity (Wildman–Crippen MR) is 102 cm³/mol. The molecule has 2 aliphatic heterocycles. The fourth-order valence-electron chi connectivity index (χ4n) is 3.87. The molecule has 0 N–H and O–H groups in total. The van der Waals surface area contributed by atoms with Crippen LogP contribution in [0.4, 0.5) is 0 Å². The Morgan fingerprint density at radius 3 is 2.38 bits per heavy atom. The average Bonchev–Trinajstić information content (AvgIpc) is 2.44. The number of rotatable bonds is 1. The van der Waals surface area contributed by atoms with Crippen molar-refractivity contribution in [2.75, 3.05) is 6.54 Å². The van der Waals surface area contributed by atoms with Crippen LogP contribution in [0, 0.1) is 5.41 Å². The number of ether oxygens (including phenoxy) is 1. The molecule has 0 saturated carbocycles. The van der Waals surface area contributed by atoms with Gasteiger partial charge in [0.2, 0.25) is 5.36 Å². The topological polar surface area (TPSA) is 12.2 Å². The number of allylic oxidation sites excluding steroid dienone is 3. The van der Waals surface area contributed by atoms with E-state index >= 15 is 0 Å². The van der Waals surface area contributed by atoms with E-state index in [0.717, 1.165) is 18.1 Å². The molecule has 0 bridgehead atoms. The Morgan fingerprint density at radius 1 is 1.12 bits per heavy atom. The Morgan fingerprint density at radius 2 is 1.79 bits per heavy atom. The summed E-state index contributed by atoms with van der Waals surface area (Å²) in [4.78, 5) is 0. The van der Waals surface area contributed by atoms with Crippen LogP contribution >= 0.6 is 0 Å². The van der Waals surface area contributed by atoms with Gasteiger partial charge in [-0.15, -0.1) is 0 Å². The molecular formula is C22H30NO+. The Labute approximate surface area is 145 Å². The summed E-state index contributed by atoms with van der Waals surface area (Å²) < 4.78 is 8.78. The van der Waals surface area contributed by atoms with E-state index in [9.17, 15) is 0 Å². The first kappa shape index (κ1) is 17.0. The molecule has 0 saturated heterocycles. The number of benzene rings is 1. The van der Waals surface area contributed by atoms with Gasteiger partial charge in [-0.1, -0.05) is 20.8 Å². The molecule has 0 amide bonds. The summed E-state index contributed by atoms with van der Waals surface area (Å²) >= 11 is 0. The first-order valence-corrected chi connectivity index (χ1v) is 8.94. The van der Waals surface area contributed by atoms with E-state index < -0.39 is 0 Å². The Hall–Kier alpha value is -1.83. The molecule has 2 nitrogen and oxygen atoms in total. The van der Waals surface area contributed by atoms with Crippen LogP contribution in [0.15, 0.2) is 30.0 Å². The van der Waals surface area contributed by atoms with Crippen LogP contribution < -0.4 is 19.9 Å². The van der Waals surface area contributed by atoms with Gasteiger partial charge in [-0.3, -0.25) is 0 Å². The van der Waals surface area contributed by atoms with Crippen molar-refractivity contribution in [2.45, 2.75) is 60.9 Å². The molecule has 0 fully saturated rings. The van der Waals surface area contributed by atoms with Gasteiger partial charge in [0.05, 0.1) is 6.07 Å². The fraction of sp³-hybridized carbons (Fsp3) is 0.500. The van der Waals surface area contributed by atoms with Crippen LogP contribution in [0.3, 0.4) is 0 Å². The Bertz CT molecular complexity index is 889. The molecule has 0 atom stereocenters. The lowest BCUT2D eigenvalue weighted by atomic mass is 9.89. The molecule has 1 aromatic carbocycles. The SMILES string of the molecule is CC[N+]1=c2cc3c(cc2C(C)=CC1(C)C)=C(C)C=C(C(C)(C)C)O3. The summed E-state index contributed by atoms with van der Waals surface area (Å²) in [5.74, 6) is 2.03. The highest BCUT2D eigenvalue weighted by Gasteiger charge is 2.33. The second-order valence-corrected chi connectivity index (χ2v) is 8.63. The van der Waals surface area contributed by atoms with Crippen molar-refractivity contribution in [3.05, 3.63) is 46.2 Å². The van der Waals surface area contributed by atoms with E-state index in [0.29, 0.717) is 0 Å². The largest absolute Gasteiger partial charge is 0.460 e. The first-order valence-electron chi connectivity index (χ1n) is 8.94. The van der Waals surface area contributed by atoms with Crippen molar-refractivity contribution in [3.8, 4) is 5.75 Å². The highest BCUT2D eigenvalue weighted by atomic mass is 16.5. The third kappa shape index (κ3) is 2.62. The fourth-order valence-corrected chi connectivity index (χ4v) is 3.87. The molecule has 128 valence electrons. The second kappa shape index (κ2) is 5.34. The van der Waals surface area contributed by atoms with Crippen LogP contribution in [0.1, 0.15) is 61.0 Å². The Kier molecular flexibility index (Phi) is 3.78. The zero-order chi connectivity index (χ0) is 17.9. The molecule has 2 heterocycles. The van der Waals surface area contributed by atoms with Gasteiger partial charge in [0.25, 0.3) is 0 Å². The smallest absolute Gasteiger partial charge is 0.211 e. The molecule has 0 spiro atoms. The summed E-state index contributed by atoms with van der Waals surface area (Å²) in [5, 5.41) is 2.49. The van der Waals surface area contributed by atoms with Crippen molar-refractivity contribution in [1.82, 2.24) is 4.58 Å². The van der Waals surface area contributed by atoms with Crippen LogP contribution in [0.25, 0.3) is 11.1 Å². The van der Waals surface area contributed by atoms with Gasteiger partial charge >= 0.3 is 0 Å². The van der Waals surface area contributed by atoms with Gasteiger partial charge in [0.15, 0.2) is 5.54 Å². The van der Waals surface area contributed by atoms with E-state index in [1.807, 2.05) is 0 Å². The number of nitrogens with zero attached hydrogens (tertiary/aromatic N) is 1. The molecule has 2 heteroatoms. The van der Waals surface area contributed by atoms with E-state index in [2.05, 4.69) is 84.3 Å². The van der Waals surface area contributed by atoms with Gasteiger partial charge in [0.1, 0.15) is 18.1 Å². The minimum Gasteiger partial charge on any atom is -0.460 e. The second-order valence-electron chi connectivity index (χ2n) is 8.63. The van der Waals surface area contributed by atoms with E-state index in [-0.39, 0.29) is 11.0 Å². The van der Waals surface area contributed by atoms with Gasteiger partial charge in [0, 0.05) is 30.0 Å². The van der Waals surface area contributed by atoms with Gasteiger partial charge in [-0.2, -0.15) is 0 Å². The summed E-state index contributed by atoms with van der Waals surface area (Å²) in [5.41, 5.74) is 3.99. The summed E-state index contributed by atoms with van der Waals surface area (Å²) in [6.07, 6.45) is 4.57. The zero-order valence-corrected chi connectivity index (χ0v) is 16.4. The normalized spacial score (nSPS) is 19.2. The van der Waals surface area contributed by atoms with Crippen LogP contribution in [0.5, 0.6) is 5.75 Å². The average molecular weight is 324 g/mol. The molecular weight excluding hydrogens is 294 g/mol. The van der Waals surface area contributed by atoms with Gasteiger partial charge < -0.3 is 4.74 Å². The van der Waals surface area contributed by atoms with Crippen molar-refractivity contribution >= 4 is 11.1 Å². The third-order valence-corrected chi connectivity index (χ3v) is 5.13. The van der Waals surface area contributed by atoms with E-state index in [4.69, 9.17) is 4.74 Å². The van der Waals surface area contributed by atoms with Crippen molar-refractivity contribution in [3.63, 3.8) is 0 Å². The molecule has 3 rings (SSSR count). The van der Waals surface area contributed by atoms with Gasteiger partial charge in [-0.05, 0) is 50.1 Å². The minimum atomic E-state index is 0.00832. The van der Waals surface area contributed by atoms with Crippen molar-refractivity contribution in [2.24, 2.45) is 5.41 Å². The quantitative estimate of drug-likeness (QED) is 0.714. The highest BCUT2D eigenvalue weighted by Crippen LogP contribution is 2.31. The summed E-state index contributed by atoms with van der Waals surface area (Å²) in [6, 6.07) is 4.55. The number of fused-ring (bicyclic) bond motifs is 2. The lowest BCUT2D eigenvalue weighted by molar-refractivity contribution is 0.289. The zero-order valence-electron chi connectivity index (χ0n) is 16.4. The number of hydrogen-bond acceptors (Lipinski definition) is 1. The minimum absolute atomic E-state index is 0.00832. The van der Waals surface area contributed by atoms with E-state index in [1.165, 1.54) is 27.3 Å². The lowest BCUT2D eigenvalue weighted by Crippen LogP contribution is -2.49. The Balaban J connectivity index is 2.35. The van der Waals surface area contributed by atoms with Crippen molar-refractivity contribution in [1.29, 1.82) is 0 Å². The maximum absolute atomic E-state index is 6.32. The van der Waals surface area contributed by atoms with Gasteiger partial charge in [-0.25, -0.2) is 4.58 Å². The molecule has 0 aromatic heterocycles. The molecule has 2 aliphatic rings. The molecule has 24 heavy (non-hydrogen) atoms. The highest BCUT2D eigenvalue weighted by molar-refractivity contribution is 5.70. The summed E-state index contributed by atoms with van der Waals surface area (Å²) in [7, 11) is 0. The van der Waals surface area contributed by atoms with Crippen molar-refractivity contribution < 1.29 is 4.74 Å². The maximum Gasteiger partial charge on any atom is 0.211 e. The molecule has 0 unspecified atom stereocenters. The maximum atomic E-state index is 6.32. The molecule has 1 aromatic rings. The number of hydrogen-bond donors (Lipinski definition) is 0. The van der Waals surface area contributed by atoms with E-state index in [1.54, 1.807) is 0 Å². The third-order valence-electron chi connectivity index (χ3n) is 5.13. The van der Waals surface area contributed by atoms with Crippen LogP contribution in [-0.4, -0.2) is 12.1 Å². The molecule has 0 radical (unpaired) electrons. The predicted octanol–water partition coefficient (Wildman–Crippen LogP) is 3.89. The first-order chi connectivity index (χ1) is 11.0. The van der Waals surface area contributed by atoms with Crippen LogP contribution in [-0.2, 0) is 0 Å². The van der Waals surface area contributed by atoms with Crippen LogP contribution in [0.2, 0.25) is 0 Å². The number of likely N-dealkylation sites (N-methyl/N-ethyl adjacent to an activating group) is 1. The standard InChI is InChI=1S/C22H30NO/c1-9-23-18-12-19-17(11-16(18)15(3)13-22(23,7)8)14(2)10-20(24-19)21(4,5)6/h10-13H,9H2,1-8H3/q+1. The monoisotopic (exact) mass is 324 g/mol. The summed E-state index contributed by atoms with van der Waals surface area (Å²) in [6.45, 7) is 18.8.